The average Bonchev–Trinajstić information content (AvgIpc) is 2.33. The molecule has 0 saturated carbocycles. The summed E-state index contributed by atoms with van der Waals surface area (Å²) in [6.07, 6.45) is 1.75. The lowest BCUT2D eigenvalue weighted by Crippen LogP contribution is -2.45. The van der Waals surface area contributed by atoms with Gasteiger partial charge in [0, 0.05) is 12.6 Å². The Bertz CT molecular complexity index is 531. The maximum atomic E-state index is 13.4. The van der Waals surface area contributed by atoms with Crippen LogP contribution in [0.5, 0.6) is 0 Å². The van der Waals surface area contributed by atoms with E-state index in [1.165, 1.54) is 12.1 Å². The third-order valence-corrected chi connectivity index (χ3v) is 4.59. The van der Waals surface area contributed by atoms with E-state index in [0.717, 1.165) is 25.5 Å². The van der Waals surface area contributed by atoms with Crippen molar-refractivity contribution in [1.29, 1.82) is 0 Å². The van der Waals surface area contributed by atoms with Crippen LogP contribution in [0.15, 0.2) is 23.1 Å². The molecule has 0 unspecified atom stereocenters. The Labute approximate surface area is 119 Å². The number of halogens is 2. The normalized spacial score (nSPS) is 19.8. The fourth-order valence-corrected chi connectivity index (χ4v) is 3.26. The van der Waals surface area contributed by atoms with Gasteiger partial charge >= 0.3 is 0 Å². The highest BCUT2D eigenvalue weighted by atomic mass is 35.5. The Hall–Kier alpha value is -0.690. The summed E-state index contributed by atoms with van der Waals surface area (Å²) in [7, 11) is -3.63. The van der Waals surface area contributed by atoms with Crippen LogP contribution in [-0.4, -0.2) is 27.5 Å². The second-order valence-corrected chi connectivity index (χ2v) is 6.29. The highest BCUT2D eigenvalue weighted by molar-refractivity contribution is 7.89. The minimum Gasteiger partial charge on any atom is -0.315 e. The molecule has 1 aliphatic rings. The summed E-state index contributed by atoms with van der Waals surface area (Å²) in [6.45, 7) is 3.13. The van der Waals surface area contributed by atoms with Crippen LogP contribution in [0.3, 0.4) is 0 Å². The van der Waals surface area contributed by atoms with E-state index in [1.807, 2.05) is 0 Å². The molecule has 4 nitrogen and oxygen atoms in total. The zero-order valence-corrected chi connectivity index (χ0v) is 12.3. The number of piperidine rings is 1. The van der Waals surface area contributed by atoms with E-state index in [2.05, 4.69) is 10.0 Å². The predicted octanol–water partition coefficient (Wildman–Crippen LogP) is 1.59. The Morgan fingerprint density at radius 3 is 2.74 bits per heavy atom. The fourth-order valence-electron chi connectivity index (χ4n) is 1.98. The largest absolute Gasteiger partial charge is 0.315 e. The molecule has 7 heteroatoms. The molecule has 1 heterocycles. The Morgan fingerprint density at radius 1 is 1.42 bits per heavy atom. The highest BCUT2D eigenvalue weighted by Gasteiger charge is 2.22. The van der Waals surface area contributed by atoms with E-state index in [9.17, 15) is 12.8 Å². The summed E-state index contributed by atoms with van der Waals surface area (Å²) in [4.78, 5) is -0.0174. The SMILES string of the molecule is Cc1ccc(S(=O)(=O)N[C@H]2CCCNC2)cc1F.Cl. The molecular formula is C12H18ClFN2O2S. The van der Waals surface area contributed by atoms with Crippen LogP contribution in [0.1, 0.15) is 18.4 Å². The molecule has 1 aromatic carbocycles. The molecule has 0 spiro atoms. The van der Waals surface area contributed by atoms with Crippen molar-refractivity contribution < 1.29 is 12.8 Å². The summed E-state index contributed by atoms with van der Waals surface area (Å²) in [5, 5.41) is 3.13. The van der Waals surface area contributed by atoms with E-state index in [4.69, 9.17) is 0 Å². The van der Waals surface area contributed by atoms with Crippen LogP contribution in [0.2, 0.25) is 0 Å². The van der Waals surface area contributed by atoms with Crippen molar-refractivity contribution >= 4 is 22.4 Å². The second kappa shape index (κ2) is 6.65. The van der Waals surface area contributed by atoms with Gasteiger partial charge in [0.1, 0.15) is 5.82 Å². The summed E-state index contributed by atoms with van der Waals surface area (Å²) in [6, 6.07) is 3.85. The van der Waals surface area contributed by atoms with Crippen LogP contribution >= 0.6 is 12.4 Å². The molecule has 0 bridgehead atoms. The van der Waals surface area contributed by atoms with Gasteiger partial charge in [-0.25, -0.2) is 17.5 Å². The van der Waals surface area contributed by atoms with Gasteiger partial charge in [-0.05, 0) is 44.0 Å². The first kappa shape index (κ1) is 16.4. The van der Waals surface area contributed by atoms with Crippen LogP contribution in [0, 0.1) is 12.7 Å². The van der Waals surface area contributed by atoms with Crippen molar-refractivity contribution in [2.45, 2.75) is 30.7 Å². The quantitative estimate of drug-likeness (QED) is 0.891. The highest BCUT2D eigenvalue weighted by Crippen LogP contribution is 2.15. The fraction of sp³-hybridized carbons (Fsp3) is 0.500. The van der Waals surface area contributed by atoms with Gasteiger partial charge in [0.15, 0.2) is 0 Å². The number of hydrogen-bond donors (Lipinski definition) is 2. The summed E-state index contributed by atoms with van der Waals surface area (Å²) in [5.41, 5.74) is 0.438. The van der Waals surface area contributed by atoms with E-state index in [0.29, 0.717) is 12.1 Å². The Morgan fingerprint density at radius 2 is 2.16 bits per heavy atom. The molecule has 2 rings (SSSR count). The standard InChI is InChI=1S/C12H17FN2O2S.ClH/c1-9-4-5-11(7-12(9)13)18(16,17)15-10-3-2-6-14-8-10;/h4-5,7,10,14-15H,2-3,6,8H2,1H3;1H/t10-;/m0./s1. The van der Waals surface area contributed by atoms with E-state index in [-0.39, 0.29) is 23.3 Å². The van der Waals surface area contributed by atoms with Gasteiger partial charge in [-0.15, -0.1) is 12.4 Å². The average molecular weight is 309 g/mol. The monoisotopic (exact) mass is 308 g/mol. The molecule has 1 saturated heterocycles. The van der Waals surface area contributed by atoms with Gasteiger partial charge in [-0.2, -0.15) is 0 Å². The van der Waals surface area contributed by atoms with Crippen molar-refractivity contribution in [1.82, 2.24) is 10.0 Å². The molecule has 108 valence electrons. The van der Waals surface area contributed by atoms with E-state index in [1.54, 1.807) is 6.92 Å². The lowest BCUT2D eigenvalue weighted by molar-refractivity contribution is 0.428. The third-order valence-electron chi connectivity index (χ3n) is 3.07. The van der Waals surface area contributed by atoms with Crippen molar-refractivity contribution in [3.63, 3.8) is 0 Å². The van der Waals surface area contributed by atoms with Crippen LogP contribution in [0.25, 0.3) is 0 Å². The van der Waals surface area contributed by atoms with Crippen molar-refractivity contribution in [2.24, 2.45) is 0 Å². The number of aryl methyl sites for hydroxylation is 1. The summed E-state index contributed by atoms with van der Waals surface area (Å²) >= 11 is 0. The first-order valence-corrected chi connectivity index (χ1v) is 7.46. The minimum atomic E-state index is -3.63. The van der Waals surface area contributed by atoms with Crippen LogP contribution in [0.4, 0.5) is 4.39 Å². The van der Waals surface area contributed by atoms with E-state index < -0.39 is 15.8 Å². The molecule has 1 atom stereocenters. The van der Waals surface area contributed by atoms with Gasteiger partial charge < -0.3 is 5.32 Å². The van der Waals surface area contributed by atoms with Gasteiger partial charge in [0.25, 0.3) is 0 Å². The minimum absolute atomic E-state index is 0. The summed E-state index contributed by atoms with van der Waals surface area (Å²) < 4.78 is 40.1. The molecular weight excluding hydrogens is 291 g/mol. The van der Waals surface area contributed by atoms with Gasteiger partial charge in [0.05, 0.1) is 4.90 Å². The Kier molecular flexibility index (Phi) is 5.73. The molecule has 0 radical (unpaired) electrons. The summed E-state index contributed by atoms with van der Waals surface area (Å²) in [5.74, 6) is -0.500. The maximum absolute atomic E-state index is 13.4. The number of rotatable bonds is 3. The predicted molar refractivity (Wildman–Crippen MR) is 74.6 cm³/mol. The maximum Gasteiger partial charge on any atom is 0.240 e. The van der Waals surface area contributed by atoms with Crippen molar-refractivity contribution in [3.05, 3.63) is 29.6 Å². The van der Waals surface area contributed by atoms with E-state index >= 15 is 0 Å². The van der Waals surface area contributed by atoms with Crippen LogP contribution < -0.4 is 10.0 Å². The number of benzene rings is 1. The van der Waals surface area contributed by atoms with Gasteiger partial charge in [-0.1, -0.05) is 6.07 Å². The smallest absolute Gasteiger partial charge is 0.240 e. The first-order chi connectivity index (χ1) is 8.49. The Balaban J connectivity index is 0.00000180. The second-order valence-electron chi connectivity index (χ2n) is 4.58. The molecule has 1 aromatic rings. The molecule has 1 fully saturated rings. The lowest BCUT2D eigenvalue weighted by atomic mass is 10.1. The van der Waals surface area contributed by atoms with Gasteiger partial charge in [0.2, 0.25) is 10.0 Å². The third kappa shape index (κ3) is 4.14. The molecule has 2 N–H and O–H groups in total. The molecule has 0 aliphatic carbocycles. The number of hydrogen-bond acceptors (Lipinski definition) is 3. The molecule has 1 aliphatic heterocycles. The first-order valence-electron chi connectivity index (χ1n) is 5.98. The lowest BCUT2D eigenvalue weighted by Gasteiger charge is -2.23. The number of sulfonamides is 1. The molecule has 19 heavy (non-hydrogen) atoms. The topological polar surface area (TPSA) is 58.2 Å². The van der Waals surface area contributed by atoms with Crippen LogP contribution in [-0.2, 0) is 10.0 Å². The zero-order valence-electron chi connectivity index (χ0n) is 10.6. The number of nitrogens with one attached hydrogen (secondary N) is 2. The van der Waals surface area contributed by atoms with Gasteiger partial charge in [-0.3, -0.25) is 0 Å². The van der Waals surface area contributed by atoms with Crippen molar-refractivity contribution in [2.75, 3.05) is 13.1 Å². The molecule has 0 amide bonds. The zero-order chi connectivity index (χ0) is 13.2. The van der Waals surface area contributed by atoms with Crippen molar-refractivity contribution in [3.8, 4) is 0 Å². The molecule has 0 aromatic heterocycles.